The van der Waals surface area contributed by atoms with E-state index in [9.17, 15) is 14.0 Å². The first-order valence-corrected chi connectivity index (χ1v) is 10.3. The molecule has 0 spiro atoms. The molecular formula is C23H22FN5O2. The summed E-state index contributed by atoms with van der Waals surface area (Å²) in [6.45, 7) is 1.51. The van der Waals surface area contributed by atoms with Crippen LogP contribution in [0.4, 0.5) is 15.8 Å². The average Bonchev–Trinajstić information content (AvgIpc) is 3.47. The number of halogens is 1. The van der Waals surface area contributed by atoms with Crippen molar-refractivity contribution < 1.29 is 9.18 Å². The first kappa shape index (κ1) is 19.3. The van der Waals surface area contributed by atoms with Gasteiger partial charge in [0.15, 0.2) is 5.82 Å². The summed E-state index contributed by atoms with van der Waals surface area (Å²) in [5.41, 5.74) is 1.35. The predicted octanol–water partition coefficient (Wildman–Crippen LogP) is 3.41. The number of nitrogens with one attached hydrogen (secondary N) is 1. The number of benzene rings is 2. The van der Waals surface area contributed by atoms with Crippen molar-refractivity contribution in [1.82, 2.24) is 19.7 Å². The van der Waals surface area contributed by atoms with Gasteiger partial charge in [0, 0.05) is 37.4 Å². The van der Waals surface area contributed by atoms with Crippen molar-refractivity contribution in [2.45, 2.75) is 19.4 Å². The van der Waals surface area contributed by atoms with Crippen LogP contribution in [0.5, 0.6) is 0 Å². The van der Waals surface area contributed by atoms with Gasteiger partial charge in [-0.05, 0) is 42.5 Å². The van der Waals surface area contributed by atoms with Gasteiger partial charge in [-0.15, -0.1) is 0 Å². The number of hydrogen-bond donors (Lipinski definition) is 1. The Labute approximate surface area is 177 Å². The normalized spacial score (nSPS) is 13.9. The molecule has 0 aliphatic carbocycles. The van der Waals surface area contributed by atoms with E-state index >= 15 is 0 Å². The Morgan fingerprint density at radius 2 is 2.00 bits per heavy atom. The molecule has 1 amide bonds. The molecule has 2 aromatic carbocycles. The summed E-state index contributed by atoms with van der Waals surface area (Å²) in [6.07, 6.45) is 5.24. The van der Waals surface area contributed by atoms with Crippen LogP contribution in [0.25, 0.3) is 21.7 Å². The van der Waals surface area contributed by atoms with Gasteiger partial charge in [0.1, 0.15) is 12.1 Å². The molecule has 0 bridgehead atoms. The first-order valence-electron chi connectivity index (χ1n) is 10.3. The fourth-order valence-electron chi connectivity index (χ4n) is 4.26. The van der Waals surface area contributed by atoms with E-state index in [0.717, 1.165) is 31.3 Å². The second-order valence-corrected chi connectivity index (χ2v) is 7.90. The van der Waals surface area contributed by atoms with Gasteiger partial charge in [-0.3, -0.25) is 14.7 Å². The number of aromatic amines is 1. The quantitative estimate of drug-likeness (QED) is 0.550. The third kappa shape index (κ3) is 3.34. The molecule has 8 heteroatoms. The Bertz CT molecular complexity index is 1350. The number of amides is 1. The second-order valence-electron chi connectivity index (χ2n) is 7.90. The zero-order valence-electron chi connectivity index (χ0n) is 17.1. The Balaban J connectivity index is 1.57. The van der Waals surface area contributed by atoms with E-state index in [1.165, 1.54) is 10.6 Å². The molecule has 1 saturated heterocycles. The maximum Gasteiger partial charge on any atom is 0.261 e. The van der Waals surface area contributed by atoms with Crippen LogP contribution in [0.3, 0.4) is 0 Å². The number of H-pyrrole nitrogens is 1. The summed E-state index contributed by atoms with van der Waals surface area (Å²) in [6, 6.07) is 10.6. The minimum atomic E-state index is -0.411. The molecule has 3 heterocycles. The van der Waals surface area contributed by atoms with Crippen LogP contribution in [-0.2, 0) is 11.3 Å². The van der Waals surface area contributed by atoms with Crippen LogP contribution in [0, 0.1) is 5.82 Å². The molecule has 1 fully saturated rings. The maximum absolute atomic E-state index is 14.5. The topological polar surface area (TPSA) is 74.2 Å². The minimum Gasteiger partial charge on any atom is -0.344 e. The SMILES string of the molecule is CN(c1cc(F)c2[nH]ncc2c1)c1cccc2ccn(CC(=O)N3CCCC3)c(=O)c12. The summed E-state index contributed by atoms with van der Waals surface area (Å²) >= 11 is 0. The number of carbonyl (C=O) groups is 1. The van der Waals surface area contributed by atoms with Crippen LogP contribution in [-0.4, -0.2) is 45.7 Å². The fraction of sp³-hybridized carbons (Fsp3) is 0.261. The van der Waals surface area contributed by atoms with E-state index in [2.05, 4.69) is 10.2 Å². The molecule has 0 radical (unpaired) electrons. The van der Waals surface area contributed by atoms with Crippen LogP contribution >= 0.6 is 0 Å². The number of likely N-dealkylation sites (tertiary alicyclic amines) is 1. The minimum absolute atomic E-state index is 0.0163. The largest absolute Gasteiger partial charge is 0.344 e. The van der Waals surface area contributed by atoms with Crippen LogP contribution in [0.2, 0.25) is 0 Å². The van der Waals surface area contributed by atoms with Gasteiger partial charge in [-0.1, -0.05) is 12.1 Å². The Morgan fingerprint density at radius 1 is 1.19 bits per heavy atom. The first-order chi connectivity index (χ1) is 15.0. The molecule has 2 aromatic heterocycles. The van der Waals surface area contributed by atoms with Crippen LogP contribution in [0.1, 0.15) is 12.8 Å². The highest BCUT2D eigenvalue weighted by Gasteiger charge is 2.20. The zero-order valence-corrected chi connectivity index (χ0v) is 17.1. The molecule has 1 aliphatic heterocycles. The lowest BCUT2D eigenvalue weighted by Crippen LogP contribution is -2.34. The highest BCUT2D eigenvalue weighted by atomic mass is 19.1. The monoisotopic (exact) mass is 419 g/mol. The molecule has 5 rings (SSSR count). The highest BCUT2D eigenvalue weighted by molar-refractivity contribution is 5.96. The van der Waals surface area contributed by atoms with Crippen molar-refractivity contribution in [1.29, 1.82) is 0 Å². The Kier molecular flexibility index (Phi) is 4.69. The van der Waals surface area contributed by atoms with Crippen molar-refractivity contribution in [3.05, 3.63) is 65.0 Å². The molecule has 1 aliphatic rings. The average molecular weight is 419 g/mol. The number of rotatable bonds is 4. The molecular weight excluding hydrogens is 397 g/mol. The third-order valence-electron chi connectivity index (χ3n) is 5.98. The van der Waals surface area contributed by atoms with Crippen LogP contribution in [0.15, 0.2) is 53.6 Å². The standard InChI is InChI=1S/C23H22FN5O2/c1-27(17-11-16-13-25-26-22(16)18(24)12-17)19-6-4-5-15-7-10-29(23(31)21(15)19)14-20(30)28-8-2-3-9-28/h4-7,10-13H,2-3,8-9,14H2,1H3,(H,25,26). The van der Waals surface area contributed by atoms with Crippen molar-refractivity contribution >= 4 is 39.0 Å². The van der Waals surface area contributed by atoms with E-state index in [-0.39, 0.29) is 18.0 Å². The molecule has 0 saturated carbocycles. The number of carbonyl (C=O) groups excluding carboxylic acids is 1. The van der Waals surface area contributed by atoms with E-state index in [4.69, 9.17) is 0 Å². The number of fused-ring (bicyclic) bond motifs is 2. The van der Waals surface area contributed by atoms with Crippen molar-refractivity contribution in [2.24, 2.45) is 0 Å². The molecule has 0 unspecified atom stereocenters. The summed E-state index contributed by atoms with van der Waals surface area (Å²) in [4.78, 5) is 29.5. The van der Waals surface area contributed by atoms with Gasteiger partial charge in [-0.2, -0.15) is 5.10 Å². The van der Waals surface area contributed by atoms with E-state index in [1.54, 1.807) is 29.2 Å². The molecule has 31 heavy (non-hydrogen) atoms. The fourth-order valence-corrected chi connectivity index (χ4v) is 4.26. The lowest BCUT2D eigenvalue weighted by molar-refractivity contribution is -0.130. The molecule has 4 aromatic rings. The lowest BCUT2D eigenvalue weighted by Gasteiger charge is -2.22. The van der Waals surface area contributed by atoms with Gasteiger partial charge >= 0.3 is 0 Å². The van der Waals surface area contributed by atoms with E-state index < -0.39 is 5.82 Å². The van der Waals surface area contributed by atoms with E-state index in [0.29, 0.717) is 27.7 Å². The third-order valence-corrected chi connectivity index (χ3v) is 5.98. The zero-order chi connectivity index (χ0) is 21.5. The van der Waals surface area contributed by atoms with Crippen molar-refractivity contribution in [2.75, 3.05) is 25.0 Å². The molecule has 158 valence electrons. The molecule has 0 atom stereocenters. The predicted molar refractivity (Wildman–Crippen MR) is 118 cm³/mol. The summed E-state index contributed by atoms with van der Waals surface area (Å²) in [5.74, 6) is -0.456. The van der Waals surface area contributed by atoms with E-state index in [1.807, 2.05) is 30.3 Å². The Morgan fingerprint density at radius 3 is 2.81 bits per heavy atom. The van der Waals surface area contributed by atoms with Crippen molar-refractivity contribution in [3.63, 3.8) is 0 Å². The number of nitrogens with zero attached hydrogens (tertiary/aromatic N) is 4. The second kappa shape index (κ2) is 7.54. The number of hydrogen-bond acceptors (Lipinski definition) is 4. The van der Waals surface area contributed by atoms with Crippen LogP contribution < -0.4 is 10.5 Å². The number of pyridine rings is 1. The smallest absolute Gasteiger partial charge is 0.261 e. The number of aromatic nitrogens is 3. The lowest BCUT2D eigenvalue weighted by atomic mass is 10.1. The summed E-state index contributed by atoms with van der Waals surface area (Å²) in [7, 11) is 1.79. The summed E-state index contributed by atoms with van der Waals surface area (Å²) < 4.78 is 16.0. The number of anilines is 2. The molecule has 1 N–H and O–H groups in total. The Hall–Kier alpha value is -3.68. The summed E-state index contributed by atoms with van der Waals surface area (Å²) in [5, 5.41) is 8.46. The van der Waals surface area contributed by atoms with Gasteiger partial charge in [0.2, 0.25) is 5.91 Å². The van der Waals surface area contributed by atoms with Gasteiger partial charge < -0.3 is 14.4 Å². The van der Waals surface area contributed by atoms with Gasteiger partial charge in [0.25, 0.3) is 5.56 Å². The maximum atomic E-state index is 14.5. The van der Waals surface area contributed by atoms with Gasteiger partial charge in [0.05, 0.1) is 17.3 Å². The molecule has 7 nitrogen and oxygen atoms in total. The highest BCUT2D eigenvalue weighted by Crippen LogP contribution is 2.31. The van der Waals surface area contributed by atoms with Crippen molar-refractivity contribution in [3.8, 4) is 0 Å². The van der Waals surface area contributed by atoms with Gasteiger partial charge in [-0.25, -0.2) is 4.39 Å².